The zero-order valence-electron chi connectivity index (χ0n) is 11.5. The molecule has 1 aromatic carbocycles. The van der Waals surface area contributed by atoms with Gasteiger partial charge in [0.2, 0.25) is 0 Å². The number of piperidine rings is 1. The molecule has 1 unspecified atom stereocenters. The number of pyridine rings is 1. The van der Waals surface area contributed by atoms with Gasteiger partial charge in [-0.1, -0.05) is 12.1 Å². The lowest BCUT2D eigenvalue weighted by Crippen LogP contribution is -2.48. The van der Waals surface area contributed by atoms with Crippen molar-refractivity contribution in [3.8, 4) is 0 Å². The van der Waals surface area contributed by atoms with Gasteiger partial charge in [0.25, 0.3) is 5.91 Å². The molecule has 0 saturated carbocycles. The van der Waals surface area contributed by atoms with Crippen LogP contribution in [0.1, 0.15) is 29.6 Å². The molecule has 2 aromatic rings. The van der Waals surface area contributed by atoms with Gasteiger partial charge in [-0.15, -0.1) is 0 Å². The summed E-state index contributed by atoms with van der Waals surface area (Å²) in [5.74, 6) is -1.14. The molecule has 0 aliphatic carbocycles. The monoisotopic (exact) mass is 284 g/mol. The first-order chi connectivity index (χ1) is 10.2. The first kappa shape index (κ1) is 13.5. The fraction of sp³-hybridized carbons (Fsp3) is 0.312. The summed E-state index contributed by atoms with van der Waals surface area (Å²) in [4.78, 5) is 29.7. The summed E-state index contributed by atoms with van der Waals surface area (Å²) in [6, 6.07) is 6.52. The molecule has 1 aliphatic rings. The number of aromatic nitrogens is 1. The Kier molecular flexibility index (Phi) is 3.56. The fourth-order valence-corrected chi connectivity index (χ4v) is 2.90. The summed E-state index contributed by atoms with van der Waals surface area (Å²) in [6.45, 7) is 0.497. The van der Waals surface area contributed by atoms with Crippen LogP contribution in [0.25, 0.3) is 10.8 Å². The van der Waals surface area contributed by atoms with E-state index in [4.69, 9.17) is 0 Å². The molecule has 5 nitrogen and oxygen atoms in total. The number of rotatable bonds is 2. The third kappa shape index (κ3) is 2.46. The van der Waals surface area contributed by atoms with Crippen LogP contribution in [0.2, 0.25) is 0 Å². The van der Waals surface area contributed by atoms with Gasteiger partial charge < -0.3 is 10.0 Å². The first-order valence-electron chi connectivity index (χ1n) is 7.05. The smallest absolute Gasteiger partial charge is 0.326 e. The second-order valence-corrected chi connectivity index (χ2v) is 5.25. The fourth-order valence-electron chi connectivity index (χ4n) is 2.90. The van der Waals surface area contributed by atoms with Crippen LogP contribution in [-0.2, 0) is 4.79 Å². The Morgan fingerprint density at radius 2 is 2.10 bits per heavy atom. The quantitative estimate of drug-likeness (QED) is 0.918. The SMILES string of the molecule is O=C(O)C1CCCCN1C(=O)c1cccc2cnccc12. The van der Waals surface area contributed by atoms with E-state index in [1.54, 1.807) is 30.6 Å². The number of fused-ring (bicyclic) bond motifs is 1. The largest absolute Gasteiger partial charge is 0.480 e. The Labute approximate surface area is 122 Å². The van der Waals surface area contributed by atoms with Gasteiger partial charge in [0.15, 0.2) is 0 Å². The number of hydrogen-bond donors (Lipinski definition) is 1. The van der Waals surface area contributed by atoms with E-state index < -0.39 is 12.0 Å². The lowest BCUT2D eigenvalue weighted by molar-refractivity contribution is -0.143. The van der Waals surface area contributed by atoms with Crippen molar-refractivity contribution in [1.29, 1.82) is 0 Å². The Morgan fingerprint density at radius 1 is 1.24 bits per heavy atom. The number of amides is 1. The molecular formula is C16H16N2O3. The average molecular weight is 284 g/mol. The minimum absolute atomic E-state index is 0.209. The Balaban J connectivity index is 2.01. The van der Waals surface area contributed by atoms with E-state index in [0.717, 1.165) is 23.6 Å². The van der Waals surface area contributed by atoms with Crippen molar-refractivity contribution in [2.24, 2.45) is 0 Å². The molecule has 1 aromatic heterocycles. The normalized spacial score (nSPS) is 18.7. The topological polar surface area (TPSA) is 70.5 Å². The van der Waals surface area contributed by atoms with Crippen molar-refractivity contribution in [1.82, 2.24) is 9.88 Å². The average Bonchev–Trinajstić information content (AvgIpc) is 2.53. The van der Waals surface area contributed by atoms with Crippen LogP contribution in [0.3, 0.4) is 0 Å². The minimum atomic E-state index is -0.926. The lowest BCUT2D eigenvalue weighted by atomic mass is 9.99. The van der Waals surface area contributed by atoms with Crippen LogP contribution in [0.5, 0.6) is 0 Å². The molecule has 5 heteroatoms. The van der Waals surface area contributed by atoms with E-state index in [0.29, 0.717) is 18.5 Å². The van der Waals surface area contributed by atoms with Gasteiger partial charge >= 0.3 is 5.97 Å². The Bertz CT molecular complexity index is 693. The maximum Gasteiger partial charge on any atom is 0.326 e. The van der Waals surface area contributed by atoms with Gasteiger partial charge in [-0.3, -0.25) is 9.78 Å². The van der Waals surface area contributed by atoms with Gasteiger partial charge in [-0.2, -0.15) is 0 Å². The summed E-state index contributed by atoms with van der Waals surface area (Å²) in [6.07, 6.45) is 5.57. The highest BCUT2D eigenvalue weighted by molar-refractivity contribution is 6.07. The summed E-state index contributed by atoms with van der Waals surface area (Å²) >= 11 is 0. The maximum absolute atomic E-state index is 12.8. The number of carbonyl (C=O) groups is 2. The molecule has 1 N–H and O–H groups in total. The number of hydrogen-bond acceptors (Lipinski definition) is 3. The third-order valence-corrected chi connectivity index (χ3v) is 3.96. The standard InChI is InChI=1S/C16H16N2O3/c19-15(18-9-2-1-6-14(18)16(20)21)13-5-3-4-11-10-17-8-7-12(11)13/h3-5,7-8,10,14H,1-2,6,9H2,(H,20,21). The summed E-state index contributed by atoms with van der Waals surface area (Å²) in [7, 11) is 0. The molecule has 108 valence electrons. The second kappa shape index (κ2) is 5.52. The molecule has 0 radical (unpaired) electrons. The molecule has 0 spiro atoms. The van der Waals surface area contributed by atoms with Crippen LogP contribution in [0.4, 0.5) is 0 Å². The van der Waals surface area contributed by atoms with Crippen molar-refractivity contribution >= 4 is 22.6 Å². The lowest BCUT2D eigenvalue weighted by Gasteiger charge is -2.33. The van der Waals surface area contributed by atoms with E-state index in [1.807, 2.05) is 6.07 Å². The first-order valence-corrected chi connectivity index (χ1v) is 7.05. The molecule has 1 saturated heterocycles. The van der Waals surface area contributed by atoms with E-state index >= 15 is 0 Å². The predicted octanol–water partition coefficient (Wildman–Crippen LogP) is 2.31. The van der Waals surface area contributed by atoms with Crippen LogP contribution in [0.15, 0.2) is 36.7 Å². The van der Waals surface area contributed by atoms with Gasteiger partial charge in [-0.05, 0) is 36.8 Å². The molecule has 1 fully saturated rings. The van der Waals surface area contributed by atoms with Crippen molar-refractivity contribution in [3.05, 3.63) is 42.2 Å². The maximum atomic E-state index is 12.8. The number of benzene rings is 1. The number of carbonyl (C=O) groups excluding carboxylic acids is 1. The van der Waals surface area contributed by atoms with Gasteiger partial charge in [0.05, 0.1) is 0 Å². The third-order valence-electron chi connectivity index (χ3n) is 3.96. The second-order valence-electron chi connectivity index (χ2n) is 5.25. The molecule has 1 aliphatic heterocycles. The molecule has 3 rings (SSSR count). The van der Waals surface area contributed by atoms with Crippen molar-refractivity contribution in [2.45, 2.75) is 25.3 Å². The highest BCUT2D eigenvalue weighted by Gasteiger charge is 2.32. The summed E-state index contributed by atoms with van der Waals surface area (Å²) < 4.78 is 0. The van der Waals surface area contributed by atoms with Crippen LogP contribution < -0.4 is 0 Å². The van der Waals surface area contributed by atoms with Gasteiger partial charge in [0, 0.05) is 29.9 Å². The van der Waals surface area contributed by atoms with E-state index in [1.165, 1.54) is 4.90 Å². The van der Waals surface area contributed by atoms with E-state index in [9.17, 15) is 14.7 Å². The molecule has 2 heterocycles. The summed E-state index contributed by atoms with van der Waals surface area (Å²) in [5.41, 5.74) is 0.544. The number of carboxylic acids is 1. The number of likely N-dealkylation sites (tertiary alicyclic amines) is 1. The minimum Gasteiger partial charge on any atom is -0.480 e. The zero-order chi connectivity index (χ0) is 14.8. The molecule has 1 atom stereocenters. The predicted molar refractivity (Wildman–Crippen MR) is 78.1 cm³/mol. The molecule has 0 bridgehead atoms. The van der Waals surface area contributed by atoms with Crippen LogP contribution in [0, 0.1) is 0 Å². The van der Waals surface area contributed by atoms with Crippen molar-refractivity contribution in [2.75, 3.05) is 6.54 Å². The molecular weight excluding hydrogens is 268 g/mol. The number of carboxylic acid groups (broad SMARTS) is 1. The Hall–Kier alpha value is -2.43. The number of nitrogens with zero attached hydrogens (tertiary/aromatic N) is 2. The van der Waals surface area contributed by atoms with E-state index in [2.05, 4.69) is 4.98 Å². The highest BCUT2D eigenvalue weighted by atomic mass is 16.4. The Morgan fingerprint density at radius 3 is 2.90 bits per heavy atom. The summed E-state index contributed by atoms with van der Waals surface area (Å²) in [5, 5.41) is 11.0. The van der Waals surface area contributed by atoms with E-state index in [-0.39, 0.29) is 5.91 Å². The van der Waals surface area contributed by atoms with Crippen molar-refractivity contribution in [3.63, 3.8) is 0 Å². The van der Waals surface area contributed by atoms with Crippen LogP contribution in [-0.4, -0.2) is 39.5 Å². The zero-order valence-corrected chi connectivity index (χ0v) is 11.5. The molecule has 1 amide bonds. The van der Waals surface area contributed by atoms with Crippen LogP contribution >= 0.6 is 0 Å². The van der Waals surface area contributed by atoms with Crippen molar-refractivity contribution < 1.29 is 14.7 Å². The van der Waals surface area contributed by atoms with Gasteiger partial charge in [-0.25, -0.2) is 4.79 Å². The number of aliphatic carboxylic acids is 1. The van der Waals surface area contributed by atoms with Gasteiger partial charge in [0.1, 0.15) is 6.04 Å². The highest BCUT2D eigenvalue weighted by Crippen LogP contribution is 2.24. The molecule has 21 heavy (non-hydrogen) atoms.